The molecule has 6 nitrogen and oxygen atoms in total. The van der Waals surface area contributed by atoms with Gasteiger partial charge in [0.15, 0.2) is 0 Å². The molecule has 0 aliphatic rings. The van der Waals surface area contributed by atoms with Gasteiger partial charge in [-0.25, -0.2) is 4.98 Å². The third kappa shape index (κ3) is 5.59. The van der Waals surface area contributed by atoms with Gasteiger partial charge in [0.1, 0.15) is 12.4 Å². The standard InChI is InChI=1S/C19H28N4O2/c1-4-7-18(24)20-11-10-17-22-15-8-5-6-9-16(15)23(17)13-19(25)21-12-14(2)3/h5-6,8-9,14H,4,7,10-13H2,1-3H3,(H,20,24)(H,21,25). The molecule has 2 aromatic rings. The van der Waals surface area contributed by atoms with E-state index in [4.69, 9.17) is 0 Å². The number of amides is 2. The van der Waals surface area contributed by atoms with Gasteiger partial charge in [-0.3, -0.25) is 9.59 Å². The van der Waals surface area contributed by atoms with Crippen molar-refractivity contribution in [2.24, 2.45) is 5.92 Å². The van der Waals surface area contributed by atoms with Crippen LogP contribution in [-0.2, 0) is 22.6 Å². The summed E-state index contributed by atoms with van der Waals surface area (Å²) >= 11 is 0. The molecule has 0 aliphatic heterocycles. The van der Waals surface area contributed by atoms with Crippen molar-refractivity contribution in [3.63, 3.8) is 0 Å². The Morgan fingerprint density at radius 3 is 2.64 bits per heavy atom. The maximum Gasteiger partial charge on any atom is 0.240 e. The normalized spacial score (nSPS) is 11.0. The largest absolute Gasteiger partial charge is 0.356 e. The molecule has 1 heterocycles. The van der Waals surface area contributed by atoms with Gasteiger partial charge in [-0.05, 0) is 24.5 Å². The summed E-state index contributed by atoms with van der Waals surface area (Å²) in [5, 5.41) is 5.85. The molecule has 1 aromatic heterocycles. The van der Waals surface area contributed by atoms with Gasteiger partial charge >= 0.3 is 0 Å². The van der Waals surface area contributed by atoms with Crippen LogP contribution in [0.25, 0.3) is 11.0 Å². The summed E-state index contributed by atoms with van der Waals surface area (Å²) in [7, 11) is 0. The monoisotopic (exact) mass is 344 g/mol. The number of para-hydroxylation sites is 2. The maximum atomic E-state index is 12.2. The summed E-state index contributed by atoms with van der Waals surface area (Å²) in [5.74, 6) is 1.27. The van der Waals surface area contributed by atoms with Gasteiger partial charge in [0.05, 0.1) is 11.0 Å². The maximum absolute atomic E-state index is 12.2. The summed E-state index contributed by atoms with van der Waals surface area (Å²) < 4.78 is 1.94. The van der Waals surface area contributed by atoms with E-state index in [1.165, 1.54) is 0 Å². The summed E-state index contributed by atoms with van der Waals surface area (Å²) in [6, 6.07) is 7.79. The first-order valence-corrected chi connectivity index (χ1v) is 8.98. The lowest BCUT2D eigenvalue weighted by atomic mass is 10.2. The molecule has 6 heteroatoms. The van der Waals surface area contributed by atoms with Crippen LogP contribution in [0, 0.1) is 5.92 Å². The lowest BCUT2D eigenvalue weighted by Crippen LogP contribution is -2.31. The average Bonchev–Trinajstić information content (AvgIpc) is 2.91. The van der Waals surface area contributed by atoms with E-state index in [0.717, 1.165) is 23.3 Å². The number of aromatic nitrogens is 2. The second-order valence-electron chi connectivity index (χ2n) is 6.65. The number of carbonyl (C=O) groups excluding carboxylic acids is 2. The van der Waals surface area contributed by atoms with Crippen LogP contribution in [0.5, 0.6) is 0 Å². The minimum atomic E-state index is -0.0203. The van der Waals surface area contributed by atoms with Crippen LogP contribution in [-0.4, -0.2) is 34.5 Å². The second kappa shape index (κ2) is 9.20. The van der Waals surface area contributed by atoms with E-state index >= 15 is 0 Å². The van der Waals surface area contributed by atoms with E-state index in [1.54, 1.807) is 0 Å². The van der Waals surface area contributed by atoms with E-state index in [0.29, 0.717) is 31.8 Å². The number of hydrogen-bond acceptors (Lipinski definition) is 3. The molecule has 1 aromatic carbocycles. The zero-order valence-electron chi connectivity index (χ0n) is 15.3. The zero-order valence-corrected chi connectivity index (χ0v) is 15.3. The smallest absolute Gasteiger partial charge is 0.240 e. The highest BCUT2D eigenvalue weighted by Gasteiger charge is 2.13. The highest BCUT2D eigenvalue weighted by atomic mass is 16.2. The molecule has 0 saturated carbocycles. The molecule has 0 saturated heterocycles. The van der Waals surface area contributed by atoms with Crippen LogP contribution < -0.4 is 10.6 Å². The molecule has 0 spiro atoms. The van der Waals surface area contributed by atoms with Crippen molar-refractivity contribution < 1.29 is 9.59 Å². The quantitative estimate of drug-likeness (QED) is 0.733. The molecule has 0 unspecified atom stereocenters. The summed E-state index contributed by atoms with van der Waals surface area (Å²) in [4.78, 5) is 28.5. The molecule has 2 amide bonds. The molecular formula is C19H28N4O2. The van der Waals surface area contributed by atoms with E-state index in [9.17, 15) is 9.59 Å². The van der Waals surface area contributed by atoms with Crippen molar-refractivity contribution in [2.45, 2.75) is 46.6 Å². The fraction of sp³-hybridized carbons (Fsp3) is 0.526. The Labute approximate surface area is 149 Å². The Morgan fingerprint density at radius 1 is 1.16 bits per heavy atom. The number of nitrogens with one attached hydrogen (secondary N) is 2. The first-order valence-electron chi connectivity index (χ1n) is 8.98. The summed E-state index contributed by atoms with van der Waals surface area (Å²) in [6.07, 6.45) is 1.97. The molecule has 25 heavy (non-hydrogen) atoms. The lowest BCUT2D eigenvalue weighted by molar-refractivity contribution is -0.122. The van der Waals surface area contributed by atoms with E-state index in [-0.39, 0.29) is 18.4 Å². The number of nitrogens with zero attached hydrogens (tertiary/aromatic N) is 2. The van der Waals surface area contributed by atoms with E-state index in [1.807, 2.05) is 35.8 Å². The molecular weight excluding hydrogens is 316 g/mol. The Morgan fingerprint density at radius 2 is 1.92 bits per heavy atom. The predicted molar refractivity (Wildman–Crippen MR) is 99.2 cm³/mol. The van der Waals surface area contributed by atoms with Gasteiger partial charge in [0, 0.05) is 25.9 Å². The van der Waals surface area contributed by atoms with Gasteiger partial charge < -0.3 is 15.2 Å². The third-order valence-electron chi connectivity index (χ3n) is 3.89. The van der Waals surface area contributed by atoms with Crippen LogP contribution in [0.15, 0.2) is 24.3 Å². The van der Waals surface area contributed by atoms with Gasteiger partial charge in [0.2, 0.25) is 11.8 Å². The zero-order chi connectivity index (χ0) is 18.2. The van der Waals surface area contributed by atoms with Crippen LogP contribution in [0.4, 0.5) is 0 Å². The first kappa shape index (κ1) is 19.0. The molecule has 0 fully saturated rings. The predicted octanol–water partition coefficient (Wildman–Crippen LogP) is 2.27. The van der Waals surface area contributed by atoms with Gasteiger partial charge in [-0.15, -0.1) is 0 Å². The van der Waals surface area contributed by atoms with Crippen molar-refractivity contribution >= 4 is 22.8 Å². The van der Waals surface area contributed by atoms with Crippen molar-refractivity contribution in [2.75, 3.05) is 13.1 Å². The number of hydrogen-bond donors (Lipinski definition) is 2. The Bertz CT molecular complexity index is 721. The minimum absolute atomic E-state index is 0.0203. The number of rotatable bonds is 9. The van der Waals surface area contributed by atoms with E-state index in [2.05, 4.69) is 29.5 Å². The first-order chi connectivity index (χ1) is 12.0. The third-order valence-corrected chi connectivity index (χ3v) is 3.89. The van der Waals surface area contributed by atoms with Crippen LogP contribution in [0.1, 0.15) is 39.4 Å². The lowest BCUT2D eigenvalue weighted by Gasteiger charge is -2.11. The van der Waals surface area contributed by atoms with Crippen molar-refractivity contribution in [1.82, 2.24) is 20.2 Å². The fourth-order valence-corrected chi connectivity index (χ4v) is 2.64. The van der Waals surface area contributed by atoms with Crippen molar-refractivity contribution in [3.05, 3.63) is 30.1 Å². The number of imidazole rings is 1. The van der Waals surface area contributed by atoms with Gasteiger partial charge in [0.25, 0.3) is 0 Å². The SMILES string of the molecule is CCCC(=O)NCCc1nc2ccccc2n1CC(=O)NCC(C)C. The minimum Gasteiger partial charge on any atom is -0.356 e. The Hall–Kier alpha value is -2.37. The van der Waals surface area contributed by atoms with Crippen LogP contribution in [0.3, 0.4) is 0 Å². The fourth-order valence-electron chi connectivity index (χ4n) is 2.64. The summed E-state index contributed by atoms with van der Waals surface area (Å²) in [5.41, 5.74) is 1.81. The topological polar surface area (TPSA) is 76.0 Å². The molecule has 2 rings (SSSR count). The number of fused-ring (bicyclic) bond motifs is 1. The highest BCUT2D eigenvalue weighted by Crippen LogP contribution is 2.16. The Balaban J connectivity index is 2.10. The highest BCUT2D eigenvalue weighted by molar-refractivity contribution is 5.81. The van der Waals surface area contributed by atoms with E-state index < -0.39 is 0 Å². The van der Waals surface area contributed by atoms with Crippen LogP contribution >= 0.6 is 0 Å². The molecule has 0 bridgehead atoms. The molecule has 0 aliphatic carbocycles. The number of carbonyl (C=O) groups is 2. The van der Waals surface area contributed by atoms with Crippen molar-refractivity contribution in [1.29, 1.82) is 0 Å². The number of benzene rings is 1. The van der Waals surface area contributed by atoms with Crippen molar-refractivity contribution in [3.8, 4) is 0 Å². The van der Waals surface area contributed by atoms with Crippen LogP contribution in [0.2, 0.25) is 0 Å². The average molecular weight is 344 g/mol. The molecule has 0 atom stereocenters. The van der Waals surface area contributed by atoms with Gasteiger partial charge in [-0.2, -0.15) is 0 Å². The van der Waals surface area contributed by atoms with Gasteiger partial charge in [-0.1, -0.05) is 32.9 Å². The Kier molecular flexibility index (Phi) is 6.98. The molecule has 136 valence electrons. The molecule has 2 N–H and O–H groups in total. The summed E-state index contributed by atoms with van der Waals surface area (Å²) in [6.45, 7) is 7.54. The molecule has 0 radical (unpaired) electrons. The second-order valence-corrected chi connectivity index (χ2v) is 6.65.